The standard InChI is InChI=1S/C58H38N2O/c1-2-17-47-39(13-1)14-12-22-48(47)40-27-32-44(33-28-40)59(46-16-11-15-42(37-46)43-31-36-53-52-21-6-10-26-57(52)61-58(53)38-43)45-34-29-41(30-35-45)49-18-3-7-23-54(49)60-55-24-8-4-19-50(55)51-20-5-9-25-56(51)60/h1-38H. The SMILES string of the molecule is c1cc(-c2ccc3c(c2)oc2ccccc23)cc(N(c2ccc(-c3ccccc3-n3c4ccccc4c4ccccc43)cc2)c2ccc(-c3cccc4ccccc34)cc2)c1. The molecule has 3 nitrogen and oxygen atoms in total. The number of furan rings is 1. The quantitative estimate of drug-likeness (QED) is 0.161. The van der Waals surface area contributed by atoms with Crippen LogP contribution in [0.1, 0.15) is 0 Å². The van der Waals surface area contributed by atoms with Crippen molar-refractivity contribution in [2.24, 2.45) is 0 Å². The molecular formula is C58H38N2O. The van der Waals surface area contributed by atoms with Crippen LogP contribution in [0.5, 0.6) is 0 Å². The summed E-state index contributed by atoms with van der Waals surface area (Å²) in [5.41, 5.74) is 15.5. The van der Waals surface area contributed by atoms with Crippen molar-refractivity contribution in [3.8, 4) is 39.1 Å². The Balaban J connectivity index is 0.972. The molecule has 2 aromatic heterocycles. The van der Waals surface area contributed by atoms with Crippen molar-refractivity contribution in [1.29, 1.82) is 0 Å². The predicted molar refractivity (Wildman–Crippen MR) is 257 cm³/mol. The lowest BCUT2D eigenvalue weighted by Gasteiger charge is -2.26. The zero-order valence-electron chi connectivity index (χ0n) is 33.2. The molecule has 0 saturated heterocycles. The van der Waals surface area contributed by atoms with Gasteiger partial charge in [0.05, 0.1) is 16.7 Å². The highest BCUT2D eigenvalue weighted by molar-refractivity contribution is 6.10. The fourth-order valence-corrected chi connectivity index (χ4v) is 9.33. The molecule has 0 amide bonds. The Morgan fingerprint density at radius 2 is 0.836 bits per heavy atom. The highest BCUT2D eigenvalue weighted by Gasteiger charge is 2.18. The van der Waals surface area contributed by atoms with E-state index in [1.54, 1.807) is 0 Å². The van der Waals surface area contributed by atoms with E-state index in [0.717, 1.165) is 61.4 Å². The van der Waals surface area contributed by atoms with E-state index in [4.69, 9.17) is 4.42 Å². The molecule has 0 fully saturated rings. The van der Waals surface area contributed by atoms with Crippen molar-refractivity contribution >= 4 is 71.6 Å². The lowest BCUT2D eigenvalue weighted by atomic mass is 9.98. The van der Waals surface area contributed by atoms with Gasteiger partial charge < -0.3 is 13.9 Å². The molecule has 0 unspecified atom stereocenters. The maximum Gasteiger partial charge on any atom is 0.136 e. The van der Waals surface area contributed by atoms with Gasteiger partial charge in [0.25, 0.3) is 0 Å². The Morgan fingerprint density at radius 1 is 0.311 bits per heavy atom. The van der Waals surface area contributed by atoms with Gasteiger partial charge in [0.1, 0.15) is 11.2 Å². The van der Waals surface area contributed by atoms with Crippen molar-refractivity contribution in [3.63, 3.8) is 0 Å². The van der Waals surface area contributed by atoms with E-state index < -0.39 is 0 Å². The fourth-order valence-electron chi connectivity index (χ4n) is 9.33. The molecule has 286 valence electrons. The normalized spacial score (nSPS) is 11.6. The number of nitrogens with zero attached hydrogens (tertiary/aromatic N) is 2. The minimum Gasteiger partial charge on any atom is -0.456 e. The Bertz CT molecular complexity index is 3530. The van der Waals surface area contributed by atoms with Gasteiger partial charge in [-0.3, -0.25) is 0 Å². The van der Waals surface area contributed by atoms with E-state index in [1.807, 2.05) is 12.1 Å². The van der Waals surface area contributed by atoms with Crippen molar-refractivity contribution in [2.45, 2.75) is 0 Å². The summed E-state index contributed by atoms with van der Waals surface area (Å²) in [7, 11) is 0. The van der Waals surface area contributed by atoms with Crippen molar-refractivity contribution in [1.82, 2.24) is 4.57 Å². The van der Waals surface area contributed by atoms with E-state index in [2.05, 4.69) is 228 Å². The molecule has 0 aliphatic rings. The lowest BCUT2D eigenvalue weighted by molar-refractivity contribution is 0.669. The highest BCUT2D eigenvalue weighted by atomic mass is 16.3. The van der Waals surface area contributed by atoms with Gasteiger partial charge in [0.2, 0.25) is 0 Å². The summed E-state index contributed by atoms with van der Waals surface area (Å²) in [4.78, 5) is 2.36. The molecule has 0 radical (unpaired) electrons. The molecule has 10 aromatic carbocycles. The van der Waals surface area contributed by atoms with Gasteiger partial charge in [-0.1, -0.05) is 158 Å². The van der Waals surface area contributed by atoms with Crippen LogP contribution in [0.3, 0.4) is 0 Å². The Hall–Kier alpha value is -8.14. The van der Waals surface area contributed by atoms with Crippen LogP contribution >= 0.6 is 0 Å². The summed E-state index contributed by atoms with van der Waals surface area (Å²) < 4.78 is 8.72. The van der Waals surface area contributed by atoms with E-state index >= 15 is 0 Å². The third-order valence-corrected chi connectivity index (χ3v) is 12.2. The highest BCUT2D eigenvalue weighted by Crippen LogP contribution is 2.41. The first-order chi connectivity index (χ1) is 30.2. The number of benzene rings is 10. The van der Waals surface area contributed by atoms with Crippen LogP contribution in [0, 0.1) is 0 Å². The molecule has 0 spiro atoms. The number of fused-ring (bicyclic) bond motifs is 7. The van der Waals surface area contributed by atoms with Crippen LogP contribution in [0.2, 0.25) is 0 Å². The average molecular weight is 779 g/mol. The van der Waals surface area contributed by atoms with Gasteiger partial charge in [-0.05, 0) is 111 Å². The summed E-state index contributed by atoms with van der Waals surface area (Å²) in [5.74, 6) is 0. The Morgan fingerprint density at radius 3 is 1.59 bits per heavy atom. The molecule has 12 rings (SSSR count). The molecular weight excluding hydrogens is 741 g/mol. The number of anilines is 3. The molecule has 0 aliphatic carbocycles. The van der Waals surface area contributed by atoms with Gasteiger partial charge >= 0.3 is 0 Å². The van der Waals surface area contributed by atoms with Crippen LogP contribution in [-0.2, 0) is 0 Å². The van der Waals surface area contributed by atoms with Gasteiger partial charge in [0.15, 0.2) is 0 Å². The Labute approximate surface area is 353 Å². The summed E-state index contributed by atoms with van der Waals surface area (Å²) in [6.07, 6.45) is 0. The number of aromatic nitrogens is 1. The van der Waals surface area contributed by atoms with Crippen molar-refractivity contribution in [3.05, 3.63) is 231 Å². The number of rotatable bonds is 7. The molecule has 2 heterocycles. The average Bonchev–Trinajstić information content (AvgIpc) is 3.87. The summed E-state index contributed by atoms with van der Waals surface area (Å²) in [6.45, 7) is 0. The smallest absolute Gasteiger partial charge is 0.136 e. The predicted octanol–water partition coefficient (Wildman–Crippen LogP) is 16.3. The summed E-state index contributed by atoms with van der Waals surface area (Å²) >= 11 is 0. The van der Waals surface area contributed by atoms with Crippen LogP contribution in [0.25, 0.3) is 93.6 Å². The maximum atomic E-state index is 6.32. The molecule has 12 aromatic rings. The largest absolute Gasteiger partial charge is 0.456 e. The second kappa shape index (κ2) is 14.3. The number of hydrogen-bond donors (Lipinski definition) is 0. The first-order valence-electron chi connectivity index (χ1n) is 20.8. The summed E-state index contributed by atoms with van der Waals surface area (Å²) in [6, 6.07) is 83.0. The third kappa shape index (κ3) is 5.90. The molecule has 61 heavy (non-hydrogen) atoms. The van der Waals surface area contributed by atoms with Gasteiger partial charge in [-0.25, -0.2) is 0 Å². The summed E-state index contributed by atoms with van der Waals surface area (Å²) in [5, 5.41) is 7.26. The number of hydrogen-bond acceptors (Lipinski definition) is 2. The zero-order valence-corrected chi connectivity index (χ0v) is 33.2. The fraction of sp³-hybridized carbons (Fsp3) is 0. The monoisotopic (exact) mass is 778 g/mol. The van der Waals surface area contributed by atoms with Crippen LogP contribution in [-0.4, -0.2) is 4.57 Å². The molecule has 3 heteroatoms. The van der Waals surface area contributed by atoms with Gasteiger partial charge in [0, 0.05) is 44.2 Å². The van der Waals surface area contributed by atoms with Crippen LogP contribution in [0.15, 0.2) is 235 Å². The first kappa shape index (κ1) is 34.9. The second-order valence-electron chi connectivity index (χ2n) is 15.7. The second-order valence-corrected chi connectivity index (χ2v) is 15.7. The lowest BCUT2D eigenvalue weighted by Crippen LogP contribution is -2.10. The van der Waals surface area contributed by atoms with Crippen molar-refractivity contribution in [2.75, 3.05) is 4.90 Å². The van der Waals surface area contributed by atoms with Gasteiger partial charge in [-0.2, -0.15) is 0 Å². The van der Waals surface area contributed by atoms with Crippen LogP contribution < -0.4 is 4.90 Å². The van der Waals surface area contributed by atoms with Gasteiger partial charge in [-0.15, -0.1) is 0 Å². The molecule has 0 aliphatic heterocycles. The molecule has 0 N–H and O–H groups in total. The minimum absolute atomic E-state index is 0.891. The van der Waals surface area contributed by atoms with E-state index in [1.165, 1.54) is 49.3 Å². The first-order valence-corrected chi connectivity index (χ1v) is 20.8. The maximum absolute atomic E-state index is 6.32. The molecule has 0 saturated carbocycles. The topological polar surface area (TPSA) is 21.3 Å². The van der Waals surface area contributed by atoms with E-state index in [9.17, 15) is 0 Å². The third-order valence-electron chi connectivity index (χ3n) is 12.2. The molecule has 0 bridgehead atoms. The Kier molecular flexibility index (Phi) is 8.17. The van der Waals surface area contributed by atoms with Crippen LogP contribution in [0.4, 0.5) is 17.1 Å². The minimum atomic E-state index is 0.891. The number of para-hydroxylation sites is 4. The van der Waals surface area contributed by atoms with Crippen molar-refractivity contribution < 1.29 is 4.42 Å². The van der Waals surface area contributed by atoms with E-state index in [0.29, 0.717) is 0 Å². The zero-order chi connectivity index (χ0) is 40.3. The molecule has 0 atom stereocenters. The van der Waals surface area contributed by atoms with E-state index in [-0.39, 0.29) is 0 Å².